The van der Waals surface area contributed by atoms with E-state index in [4.69, 9.17) is 13.3 Å². The molecule has 81 heavy (non-hydrogen) atoms. The second-order valence-corrected chi connectivity index (χ2v) is 25.4. The molecule has 0 saturated carbocycles. The molecule has 4 unspecified atom stereocenters. The smallest absolute Gasteiger partial charge is 0.612 e. The third kappa shape index (κ3) is 15.0. The lowest BCUT2D eigenvalue weighted by Crippen LogP contribution is -2.79. The van der Waals surface area contributed by atoms with Crippen LogP contribution in [0.15, 0.2) is 18.2 Å². The van der Waals surface area contributed by atoms with Gasteiger partial charge in [0.25, 0.3) is 5.97 Å². The molecular weight excluding hydrogens is 1080 g/mol. The summed E-state index contributed by atoms with van der Waals surface area (Å²) in [5.74, 6) is -7.21. The van der Waals surface area contributed by atoms with Gasteiger partial charge in [0.1, 0.15) is 39.2 Å². The van der Waals surface area contributed by atoms with Crippen LogP contribution in [0.3, 0.4) is 0 Å². The van der Waals surface area contributed by atoms with E-state index in [0.717, 1.165) is 11.1 Å². The summed E-state index contributed by atoms with van der Waals surface area (Å²) < 4.78 is 29.5. The van der Waals surface area contributed by atoms with Gasteiger partial charge in [0, 0.05) is 65.0 Å². The molecular formula is C52H73AlFN11O16. The number of piperidine rings is 1. The molecule has 7 aliphatic rings. The van der Waals surface area contributed by atoms with Gasteiger partial charge in [-0.2, -0.15) is 0 Å². The number of carbonyl (C=O) groups excluding carboxylic acids is 10. The number of likely N-dealkylation sites (tertiary alicyclic amines) is 1. The van der Waals surface area contributed by atoms with Crippen molar-refractivity contribution in [2.45, 2.75) is 130 Å². The van der Waals surface area contributed by atoms with Crippen LogP contribution in [0.4, 0.5) is 10.1 Å². The van der Waals surface area contributed by atoms with Gasteiger partial charge in [0.05, 0.1) is 31.7 Å². The van der Waals surface area contributed by atoms with Crippen molar-refractivity contribution < 1.29 is 80.6 Å². The van der Waals surface area contributed by atoms with Crippen LogP contribution in [0.25, 0.3) is 0 Å². The van der Waals surface area contributed by atoms with E-state index in [2.05, 4.69) is 42.5 Å². The number of aliphatic hydroxyl groups excluding tert-OH is 1. The van der Waals surface area contributed by atoms with E-state index in [9.17, 15) is 63.0 Å². The van der Waals surface area contributed by atoms with E-state index in [-0.39, 0.29) is 109 Å². The predicted octanol–water partition coefficient (Wildman–Crippen LogP) is -4.14. The van der Waals surface area contributed by atoms with E-state index in [1.807, 2.05) is 30.0 Å². The molecule has 8 rings (SSSR count). The number of aryl methyl sites for hydroxylation is 1. The minimum absolute atomic E-state index is 0.0175. The highest BCUT2D eigenvalue weighted by molar-refractivity contribution is 6.61. The van der Waals surface area contributed by atoms with Gasteiger partial charge in [0.15, 0.2) is 0 Å². The van der Waals surface area contributed by atoms with Crippen LogP contribution >= 0.6 is 0 Å². The van der Waals surface area contributed by atoms with Crippen molar-refractivity contribution in [3.05, 3.63) is 29.3 Å². The molecule has 2 bridgehead atoms. The number of esters is 2. The van der Waals surface area contributed by atoms with Crippen molar-refractivity contribution in [3.8, 4) is 0 Å². The molecule has 1 aromatic carbocycles. The maximum atomic E-state index is 16.3. The first-order valence-electron chi connectivity index (χ1n) is 27.9. The number of amides is 7. The Labute approximate surface area is 471 Å². The van der Waals surface area contributed by atoms with Crippen LogP contribution in [0.5, 0.6) is 0 Å². The fourth-order valence-electron chi connectivity index (χ4n) is 11.9. The zero-order chi connectivity index (χ0) is 58.2. The molecule has 5 saturated heterocycles. The van der Waals surface area contributed by atoms with Crippen molar-refractivity contribution in [3.63, 3.8) is 0 Å². The van der Waals surface area contributed by atoms with Gasteiger partial charge in [-0.3, -0.25) is 71.8 Å². The minimum Gasteiger partial charge on any atom is -0.612 e. The molecule has 0 spiro atoms. The number of para-hydroxylation sites is 1. The summed E-state index contributed by atoms with van der Waals surface area (Å²) in [4.78, 5) is 148. The number of carboxylic acids is 1. The SMILES string of the molecule is CC[C@H](C)[C@H](NC(=O)CCNC(=O)CCNC(=O)[C@@H](CCC(=O)O)NC(=O)CN1CCC(CNC[C]23CN(CC(=O)O2)C[C]2(F)CNCC(=O)[O][Al]23)CC1)C(=O)N[C@H]1CCc2cccc3c2N(C1=O)[C@H](C(=O)N[C@H]1CC(=O)OC1O)C3. The van der Waals surface area contributed by atoms with Crippen LogP contribution in [-0.2, 0) is 78.8 Å². The Morgan fingerprint density at radius 1 is 0.877 bits per heavy atom. The van der Waals surface area contributed by atoms with Crippen molar-refractivity contribution >= 4 is 85.4 Å². The maximum Gasteiger partial charge on any atom is 0.643 e. The number of fused-ring (bicyclic) bond motifs is 4. The number of nitrogens with zero attached hydrogens (tertiary/aromatic N) is 3. The lowest BCUT2D eigenvalue weighted by molar-refractivity contribution is -0.171. The lowest BCUT2D eigenvalue weighted by atomic mass is 9.96. The third-order valence-electron chi connectivity index (χ3n) is 16.2. The number of aliphatic hydroxyl groups is 1. The van der Waals surface area contributed by atoms with Gasteiger partial charge in [-0.1, -0.05) is 38.5 Å². The van der Waals surface area contributed by atoms with Gasteiger partial charge in [0.2, 0.25) is 47.6 Å². The van der Waals surface area contributed by atoms with Crippen molar-refractivity contribution in [1.29, 1.82) is 0 Å². The van der Waals surface area contributed by atoms with Crippen LogP contribution in [0.1, 0.15) is 82.8 Å². The lowest BCUT2D eigenvalue weighted by Gasteiger charge is -2.51. The first-order valence-corrected chi connectivity index (χ1v) is 29.5. The maximum absolute atomic E-state index is 16.3. The molecule has 10 N–H and O–H groups in total. The Bertz CT molecular complexity index is 2610. The second kappa shape index (κ2) is 26.7. The number of cyclic esters (lactones) is 1. The van der Waals surface area contributed by atoms with Gasteiger partial charge < -0.3 is 66.0 Å². The number of ether oxygens (including phenoxy) is 2. The molecule has 5 fully saturated rings. The summed E-state index contributed by atoms with van der Waals surface area (Å²) in [7, 11) is 0. The number of halogens is 1. The van der Waals surface area contributed by atoms with E-state index >= 15 is 4.39 Å². The predicted molar refractivity (Wildman–Crippen MR) is 282 cm³/mol. The number of alkyl halides is 1. The molecule has 7 heterocycles. The Kier molecular flexibility index (Phi) is 20.0. The fraction of sp³-hybridized carbons (Fsp3) is 0.673. The minimum atomic E-state index is -3.11. The van der Waals surface area contributed by atoms with E-state index in [1.165, 1.54) is 4.90 Å². The average molecular weight is 1150 g/mol. The highest BCUT2D eigenvalue weighted by Gasteiger charge is 2.71. The van der Waals surface area contributed by atoms with Crippen LogP contribution in [0, 0.1) is 11.8 Å². The van der Waals surface area contributed by atoms with Crippen LogP contribution in [-0.4, -0.2) is 224 Å². The van der Waals surface area contributed by atoms with Crippen LogP contribution in [0.2, 0.25) is 0 Å². The molecule has 29 heteroatoms. The molecule has 7 aliphatic heterocycles. The second-order valence-electron chi connectivity index (χ2n) is 22.3. The van der Waals surface area contributed by atoms with Gasteiger partial charge in [-0.05, 0) is 74.7 Å². The van der Waals surface area contributed by atoms with Gasteiger partial charge in [-0.25, -0.2) is 0 Å². The molecule has 10 atom stereocenters. The Hall–Kier alpha value is -6.35. The van der Waals surface area contributed by atoms with Gasteiger partial charge in [-0.15, -0.1) is 0 Å². The third-order valence-corrected chi connectivity index (χ3v) is 19.5. The molecule has 1 aromatic rings. The van der Waals surface area contributed by atoms with Crippen molar-refractivity contribution in [1.82, 2.24) is 52.3 Å². The average Bonchev–Trinajstić information content (AvgIpc) is 3.24. The number of carboxylic acid groups (broad SMARTS) is 1. The largest absolute Gasteiger partial charge is 0.643 e. The summed E-state index contributed by atoms with van der Waals surface area (Å²) in [6.07, 6.45) is -0.275. The monoisotopic (exact) mass is 1150 g/mol. The summed E-state index contributed by atoms with van der Waals surface area (Å²) in [5.41, 5.74) is 2.12. The molecule has 0 radical (unpaired) electrons. The van der Waals surface area contributed by atoms with E-state index in [0.29, 0.717) is 51.0 Å². The van der Waals surface area contributed by atoms with E-state index in [1.54, 1.807) is 11.8 Å². The Balaban J connectivity index is 0.743. The van der Waals surface area contributed by atoms with Crippen molar-refractivity contribution in [2.24, 2.45) is 11.8 Å². The zero-order valence-corrected chi connectivity index (χ0v) is 46.7. The number of nitrogens with one attached hydrogen (secondary N) is 8. The first kappa shape index (κ1) is 60.7. The summed E-state index contributed by atoms with van der Waals surface area (Å²) >= 11 is -3.11. The zero-order valence-electron chi connectivity index (χ0n) is 45.5. The number of rotatable bonds is 24. The first-order chi connectivity index (χ1) is 38.6. The summed E-state index contributed by atoms with van der Waals surface area (Å²) in [5, 5.41) is 41.6. The number of hydrogen-bond donors (Lipinski definition) is 10. The number of aliphatic carboxylic acids is 1. The summed E-state index contributed by atoms with van der Waals surface area (Å²) in [6.45, 7) is 4.91. The van der Waals surface area contributed by atoms with Crippen molar-refractivity contribution in [2.75, 3.05) is 83.4 Å². The molecule has 27 nitrogen and oxygen atoms in total. The highest BCUT2D eigenvalue weighted by Crippen LogP contribution is 2.40. The fourth-order valence-corrected chi connectivity index (χ4v) is 15.4. The normalized spacial score (nSPS) is 27.3. The Morgan fingerprint density at radius 2 is 1.62 bits per heavy atom. The molecule has 7 amide bonds. The number of benzene rings is 1. The van der Waals surface area contributed by atoms with E-state index < -0.39 is 132 Å². The topological polar surface area (TPSA) is 362 Å². The summed E-state index contributed by atoms with van der Waals surface area (Å²) in [6, 6.07) is 0.0686. The highest BCUT2D eigenvalue weighted by atomic mass is 27.2. The number of hydrogen-bond acceptors (Lipinski definition) is 19. The quantitative estimate of drug-likeness (QED) is 0.0347. The molecule has 442 valence electrons. The standard InChI is InChI=1S/C52H74FN11O16.Al/c1-3-29(2)46(50(76)59-36-8-7-31-5-4-6-32-19-38(64(47(31)32)51(36)77)49(75)60-37-20-44(72)80-52(37)78)61-40(66)12-15-56-39(65)11-16-57-48(74)35(9-10-42(68)69)58-41(67)27-62-17-13-30(14-18-62)21-54-23-34-26-63(28-45(73)79-34)25-33(53)22-55-24-43(70)71;/h4-6,29-30,35-38,46,52,54-55,78H,3,7-28H2,1-2H3,(H,56,65)(H,57,74)(H,58,67)(H,59,76)(H,60,75)(H,61,66)(H,68,69)(H,70,71);/q;+1/p-1/t29-,35+,36-,37-,38-,46-,52?;/m0./s1. The Morgan fingerprint density at radius 3 is 2.35 bits per heavy atom. The number of morpholine rings is 1. The molecule has 0 aromatic heterocycles. The van der Waals surface area contributed by atoms with Gasteiger partial charge >= 0.3 is 32.4 Å². The van der Waals surface area contributed by atoms with Crippen LogP contribution < -0.4 is 47.4 Å². The number of anilines is 1. The molecule has 0 aliphatic carbocycles. The number of carbonyl (C=O) groups is 11.